The van der Waals surface area contributed by atoms with Gasteiger partial charge in [0.05, 0.1) is 0 Å². The van der Waals surface area contributed by atoms with Crippen LogP contribution in [0.2, 0.25) is 0 Å². The molecule has 17 heavy (non-hydrogen) atoms. The fourth-order valence-corrected chi connectivity index (χ4v) is 1.70. The lowest BCUT2D eigenvalue weighted by Gasteiger charge is -2.16. The van der Waals surface area contributed by atoms with Crippen molar-refractivity contribution < 1.29 is 4.74 Å². The molecule has 1 rings (SSSR count). The van der Waals surface area contributed by atoms with Crippen LogP contribution in [-0.2, 0) is 0 Å². The van der Waals surface area contributed by atoms with Crippen LogP contribution < -0.4 is 10.1 Å². The Bertz CT molecular complexity index is 322. The second-order valence-electron chi connectivity index (χ2n) is 4.86. The molecular weight excluding hydrogens is 210 g/mol. The van der Waals surface area contributed by atoms with Crippen molar-refractivity contribution in [2.24, 2.45) is 0 Å². The van der Waals surface area contributed by atoms with E-state index in [-0.39, 0.29) is 6.10 Å². The molecule has 0 aliphatic carbocycles. The fraction of sp³-hybridized carbons (Fsp3) is 0.600. The van der Waals surface area contributed by atoms with Gasteiger partial charge in [0.25, 0.3) is 0 Å². The van der Waals surface area contributed by atoms with Gasteiger partial charge in [0, 0.05) is 6.54 Å². The number of rotatable bonds is 7. The first-order valence-electron chi connectivity index (χ1n) is 6.60. The first kappa shape index (κ1) is 14.0. The first-order valence-corrected chi connectivity index (χ1v) is 6.60. The van der Waals surface area contributed by atoms with E-state index in [2.05, 4.69) is 51.2 Å². The van der Waals surface area contributed by atoms with E-state index in [1.165, 1.54) is 5.56 Å². The first-order chi connectivity index (χ1) is 8.13. The monoisotopic (exact) mass is 235 g/mol. The second kappa shape index (κ2) is 7.33. The van der Waals surface area contributed by atoms with Crippen molar-refractivity contribution in [3.05, 3.63) is 29.8 Å². The molecule has 0 saturated heterocycles. The van der Waals surface area contributed by atoms with Crippen LogP contribution in [-0.4, -0.2) is 19.2 Å². The smallest absolute Gasteiger partial charge is 0.120 e. The number of benzene rings is 1. The normalized spacial score (nSPS) is 12.8. The molecule has 0 radical (unpaired) electrons. The predicted octanol–water partition coefficient (Wildman–Crippen LogP) is 3.58. The van der Waals surface area contributed by atoms with Gasteiger partial charge in [-0.1, -0.05) is 32.9 Å². The van der Waals surface area contributed by atoms with E-state index < -0.39 is 0 Å². The average molecular weight is 235 g/mol. The summed E-state index contributed by atoms with van der Waals surface area (Å²) < 4.78 is 5.89. The van der Waals surface area contributed by atoms with Crippen LogP contribution in [0.4, 0.5) is 0 Å². The second-order valence-corrected chi connectivity index (χ2v) is 4.86. The van der Waals surface area contributed by atoms with Gasteiger partial charge in [0.2, 0.25) is 0 Å². The maximum Gasteiger partial charge on any atom is 0.120 e. The molecule has 0 saturated carbocycles. The molecule has 1 N–H and O–H groups in total. The Morgan fingerprint density at radius 2 is 2.00 bits per heavy atom. The predicted molar refractivity (Wildman–Crippen MR) is 73.8 cm³/mol. The van der Waals surface area contributed by atoms with Gasteiger partial charge in [0.1, 0.15) is 11.9 Å². The highest BCUT2D eigenvalue weighted by molar-refractivity contribution is 5.30. The molecule has 1 atom stereocenters. The molecule has 0 amide bonds. The van der Waals surface area contributed by atoms with Crippen LogP contribution >= 0.6 is 0 Å². The molecule has 0 bridgehead atoms. The van der Waals surface area contributed by atoms with Crippen LogP contribution in [0.1, 0.15) is 45.6 Å². The molecule has 0 aliphatic rings. The van der Waals surface area contributed by atoms with Crippen molar-refractivity contribution in [1.29, 1.82) is 0 Å². The van der Waals surface area contributed by atoms with Crippen LogP contribution in [0.3, 0.4) is 0 Å². The van der Waals surface area contributed by atoms with E-state index in [1.54, 1.807) is 0 Å². The van der Waals surface area contributed by atoms with Gasteiger partial charge < -0.3 is 10.1 Å². The molecule has 0 spiro atoms. The van der Waals surface area contributed by atoms with Gasteiger partial charge in [-0.25, -0.2) is 0 Å². The van der Waals surface area contributed by atoms with E-state index >= 15 is 0 Å². The van der Waals surface area contributed by atoms with Crippen LogP contribution in [0.5, 0.6) is 5.75 Å². The summed E-state index contributed by atoms with van der Waals surface area (Å²) in [4.78, 5) is 0. The molecule has 2 heteroatoms. The molecule has 0 aliphatic heterocycles. The van der Waals surface area contributed by atoms with Crippen LogP contribution in [0, 0.1) is 0 Å². The van der Waals surface area contributed by atoms with Crippen molar-refractivity contribution in [3.63, 3.8) is 0 Å². The summed E-state index contributed by atoms with van der Waals surface area (Å²) >= 11 is 0. The Kier molecular flexibility index (Phi) is 6.06. The van der Waals surface area contributed by atoms with Gasteiger partial charge >= 0.3 is 0 Å². The highest BCUT2D eigenvalue weighted by atomic mass is 16.5. The summed E-state index contributed by atoms with van der Waals surface area (Å²) in [5.74, 6) is 1.52. The lowest BCUT2D eigenvalue weighted by molar-refractivity contribution is 0.217. The maximum atomic E-state index is 5.89. The van der Waals surface area contributed by atoms with E-state index in [9.17, 15) is 0 Å². The third-order valence-electron chi connectivity index (χ3n) is 2.72. The Morgan fingerprint density at radius 1 is 1.24 bits per heavy atom. The third-order valence-corrected chi connectivity index (χ3v) is 2.72. The van der Waals surface area contributed by atoms with E-state index in [0.29, 0.717) is 5.92 Å². The molecule has 0 fully saturated rings. The number of ether oxygens (including phenoxy) is 1. The molecule has 1 unspecified atom stereocenters. The number of hydrogen-bond donors (Lipinski definition) is 1. The summed E-state index contributed by atoms with van der Waals surface area (Å²) in [6.45, 7) is 10.6. The molecule has 0 aromatic heterocycles. The lowest BCUT2D eigenvalue weighted by Crippen LogP contribution is -2.29. The highest BCUT2D eigenvalue weighted by Crippen LogP contribution is 2.20. The minimum atomic E-state index is 0.212. The van der Waals surface area contributed by atoms with Gasteiger partial charge in [-0.15, -0.1) is 0 Å². The molecule has 0 heterocycles. The van der Waals surface area contributed by atoms with Gasteiger partial charge in [0.15, 0.2) is 0 Å². The quantitative estimate of drug-likeness (QED) is 0.729. The van der Waals surface area contributed by atoms with Gasteiger partial charge in [-0.2, -0.15) is 0 Å². The van der Waals surface area contributed by atoms with Crippen LogP contribution in [0.15, 0.2) is 24.3 Å². The zero-order chi connectivity index (χ0) is 12.7. The Morgan fingerprint density at radius 3 is 2.65 bits per heavy atom. The Labute approximate surface area is 105 Å². The highest BCUT2D eigenvalue weighted by Gasteiger charge is 2.05. The number of nitrogens with one attached hydrogen (secondary N) is 1. The summed E-state index contributed by atoms with van der Waals surface area (Å²) in [6, 6.07) is 8.39. The molecule has 1 aromatic rings. The molecule has 2 nitrogen and oxygen atoms in total. The molecule has 1 aromatic carbocycles. The van der Waals surface area contributed by atoms with E-state index in [0.717, 1.165) is 25.3 Å². The standard InChI is InChI=1S/C15H25NO/c1-5-9-16-11-13(4)17-15-8-6-7-14(10-15)12(2)3/h6-8,10,12-13,16H,5,9,11H2,1-4H3. The van der Waals surface area contributed by atoms with Crippen molar-refractivity contribution in [3.8, 4) is 5.75 Å². The number of hydrogen-bond acceptors (Lipinski definition) is 2. The topological polar surface area (TPSA) is 21.3 Å². The van der Waals surface area contributed by atoms with Gasteiger partial charge in [-0.3, -0.25) is 0 Å². The molecular formula is C15H25NO. The zero-order valence-electron chi connectivity index (χ0n) is 11.5. The van der Waals surface area contributed by atoms with Crippen molar-refractivity contribution in [2.45, 2.75) is 46.1 Å². The minimum Gasteiger partial charge on any atom is -0.489 e. The summed E-state index contributed by atoms with van der Waals surface area (Å²) in [5, 5.41) is 3.37. The van der Waals surface area contributed by atoms with Crippen molar-refractivity contribution in [2.75, 3.05) is 13.1 Å². The fourth-order valence-electron chi connectivity index (χ4n) is 1.70. The van der Waals surface area contributed by atoms with Crippen LogP contribution in [0.25, 0.3) is 0 Å². The third kappa shape index (κ3) is 5.22. The van der Waals surface area contributed by atoms with E-state index in [1.807, 2.05) is 6.07 Å². The Balaban J connectivity index is 2.47. The van der Waals surface area contributed by atoms with Crippen molar-refractivity contribution >= 4 is 0 Å². The largest absolute Gasteiger partial charge is 0.489 e. The minimum absolute atomic E-state index is 0.212. The van der Waals surface area contributed by atoms with Crippen molar-refractivity contribution in [1.82, 2.24) is 5.32 Å². The SMILES string of the molecule is CCCNCC(C)Oc1cccc(C(C)C)c1. The van der Waals surface area contributed by atoms with E-state index in [4.69, 9.17) is 4.74 Å². The summed E-state index contributed by atoms with van der Waals surface area (Å²) in [5.41, 5.74) is 1.33. The summed E-state index contributed by atoms with van der Waals surface area (Å²) in [6.07, 6.45) is 1.37. The molecule has 96 valence electrons. The maximum absolute atomic E-state index is 5.89. The Hall–Kier alpha value is -1.02. The summed E-state index contributed by atoms with van der Waals surface area (Å²) in [7, 11) is 0. The van der Waals surface area contributed by atoms with Gasteiger partial charge in [-0.05, 0) is 43.5 Å². The average Bonchev–Trinajstić information content (AvgIpc) is 2.29. The lowest BCUT2D eigenvalue weighted by atomic mass is 10.0. The zero-order valence-corrected chi connectivity index (χ0v) is 11.5.